The van der Waals surface area contributed by atoms with Crippen LogP contribution in [0.3, 0.4) is 0 Å². The summed E-state index contributed by atoms with van der Waals surface area (Å²) in [7, 11) is 3.74. The molecule has 4 rings (SSSR count). The molecule has 2 aromatic rings. The number of rotatable bonds is 3. The number of morpholine rings is 1. The molecule has 0 radical (unpaired) electrons. The molecule has 0 bridgehead atoms. The molecule has 1 atom stereocenters. The molecule has 4 heterocycles. The third kappa shape index (κ3) is 3.46. The van der Waals surface area contributed by atoms with Gasteiger partial charge in [-0.25, -0.2) is 9.97 Å². The first-order chi connectivity index (χ1) is 12.9. The Bertz CT molecular complexity index is 839. The van der Waals surface area contributed by atoms with Crippen molar-refractivity contribution in [3.05, 3.63) is 30.4 Å². The quantitative estimate of drug-likeness (QED) is 0.765. The maximum Gasteiger partial charge on any atom is 0.241 e. The van der Waals surface area contributed by atoms with Crippen molar-refractivity contribution in [3.8, 4) is 0 Å². The Morgan fingerprint density at radius 1 is 1.11 bits per heavy atom. The number of ether oxygens (including phenoxy) is 1. The number of piperazine rings is 1. The average Bonchev–Trinajstić information content (AvgIpc) is 3.11. The van der Waals surface area contributed by atoms with Crippen molar-refractivity contribution in [1.29, 1.82) is 0 Å². The number of hydrogen-bond acceptors (Lipinski definition) is 7. The summed E-state index contributed by atoms with van der Waals surface area (Å²) in [4.78, 5) is 26.8. The lowest BCUT2D eigenvalue weighted by molar-refractivity contribution is -0.129. The van der Waals surface area contributed by atoms with Gasteiger partial charge in [-0.05, 0) is 6.92 Å². The monoisotopic (exact) mass is 371 g/mol. The van der Waals surface area contributed by atoms with Crippen molar-refractivity contribution >= 4 is 17.5 Å². The van der Waals surface area contributed by atoms with Gasteiger partial charge in [-0.1, -0.05) is 0 Å². The van der Waals surface area contributed by atoms with Crippen LogP contribution in [-0.4, -0.2) is 76.9 Å². The van der Waals surface area contributed by atoms with Gasteiger partial charge >= 0.3 is 0 Å². The third-order valence-corrected chi connectivity index (χ3v) is 5.33. The van der Waals surface area contributed by atoms with Gasteiger partial charge in [0.15, 0.2) is 0 Å². The number of aryl methyl sites for hydroxylation is 1. The Morgan fingerprint density at radius 2 is 1.89 bits per heavy atom. The number of amides is 1. The van der Waals surface area contributed by atoms with Gasteiger partial charge in [-0.2, -0.15) is 5.10 Å². The van der Waals surface area contributed by atoms with E-state index in [1.807, 2.05) is 37.5 Å². The highest BCUT2D eigenvalue weighted by molar-refractivity contribution is 5.82. The third-order valence-electron chi connectivity index (χ3n) is 5.33. The van der Waals surface area contributed by atoms with E-state index in [2.05, 4.69) is 26.9 Å². The van der Waals surface area contributed by atoms with E-state index in [0.29, 0.717) is 26.2 Å². The lowest BCUT2D eigenvalue weighted by Crippen LogP contribution is -2.49. The van der Waals surface area contributed by atoms with Crippen LogP contribution in [0, 0.1) is 0 Å². The molecular weight excluding hydrogens is 346 g/mol. The van der Waals surface area contributed by atoms with Gasteiger partial charge in [-0.3, -0.25) is 9.48 Å². The molecule has 2 aliphatic heterocycles. The number of aromatic nitrogens is 4. The maximum atomic E-state index is 12.0. The zero-order valence-electron chi connectivity index (χ0n) is 16.0. The SMILES string of the molecule is CN1CCN(c2cc(N3CCOC(C)(c4cnn(C)c4)C3)ncn2)CC1=O. The zero-order valence-corrected chi connectivity index (χ0v) is 16.0. The lowest BCUT2D eigenvalue weighted by atomic mass is 9.97. The minimum Gasteiger partial charge on any atom is -0.367 e. The molecule has 2 saturated heterocycles. The van der Waals surface area contributed by atoms with Crippen molar-refractivity contribution in [1.82, 2.24) is 24.6 Å². The van der Waals surface area contributed by atoms with Crippen LogP contribution < -0.4 is 9.80 Å². The summed E-state index contributed by atoms with van der Waals surface area (Å²) in [6, 6.07) is 1.97. The fourth-order valence-corrected chi connectivity index (χ4v) is 3.57. The number of likely N-dealkylation sites (N-methyl/N-ethyl adjacent to an activating group) is 1. The molecule has 0 aliphatic carbocycles. The molecule has 2 aliphatic rings. The van der Waals surface area contributed by atoms with E-state index < -0.39 is 5.60 Å². The molecule has 0 N–H and O–H groups in total. The summed E-state index contributed by atoms with van der Waals surface area (Å²) in [5.41, 5.74) is 0.607. The summed E-state index contributed by atoms with van der Waals surface area (Å²) in [5, 5.41) is 4.27. The lowest BCUT2D eigenvalue weighted by Gasteiger charge is -2.41. The van der Waals surface area contributed by atoms with Crippen LogP contribution in [0.4, 0.5) is 11.6 Å². The van der Waals surface area contributed by atoms with Crippen molar-refractivity contribution in [2.45, 2.75) is 12.5 Å². The molecule has 9 nitrogen and oxygen atoms in total. The first kappa shape index (κ1) is 17.7. The van der Waals surface area contributed by atoms with Crippen LogP contribution in [0.1, 0.15) is 12.5 Å². The predicted octanol–water partition coefficient (Wildman–Crippen LogP) is 0.241. The van der Waals surface area contributed by atoms with E-state index in [9.17, 15) is 4.79 Å². The molecule has 27 heavy (non-hydrogen) atoms. The van der Waals surface area contributed by atoms with E-state index in [-0.39, 0.29) is 5.91 Å². The molecule has 1 unspecified atom stereocenters. The Balaban J connectivity index is 1.54. The molecule has 144 valence electrons. The first-order valence-corrected chi connectivity index (χ1v) is 9.14. The second-order valence-electron chi connectivity index (χ2n) is 7.37. The van der Waals surface area contributed by atoms with E-state index in [0.717, 1.165) is 30.3 Å². The number of hydrogen-bond donors (Lipinski definition) is 0. The topological polar surface area (TPSA) is 79.6 Å². The summed E-state index contributed by atoms with van der Waals surface area (Å²) in [6.07, 6.45) is 5.42. The zero-order chi connectivity index (χ0) is 19.0. The Kier molecular flexibility index (Phi) is 4.47. The maximum absolute atomic E-state index is 12.0. The molecule has 2 aromatic heterocycles. The minimum atomic E-state index is -0.443. The highest BCUT2D eigenvalue weighted by Gasteiger charge is 2.35. The fourth-order valence-electron chi connectivity index (χ4n) is 3.57. The summed E-state index contributed by atoms with van der Waals surface area (Å²) in [6.45, 7) is 5.95. The molecule has 0 aromatic carbocycles. The Hall–Kier alpha value is -2.68. The summed E-state index contributed by atoms with van der Waals surface area (Å²) >= 11 is 0. The number of carbonyl (C=O) groups excluding carboxylic acids is 1. The predicted molar refractivity (Wildman–Crippen MR) is 101 cm³/mol. The van der Waals surface area contributed by atoms with Crippen molar-refractivity contribution in [2.75, 3.05) is 56.2 Å². The van der Waals surface area contributed by atoms with Gasteiger partial charge in [0.1, 0.15) is 23.6 Å². The Morgan fingerprint density at radius 3 is 2.59 bits per heavy atom. The second kappa shape index (κ2) is 6.80. The van der Waals surface area contributed by atoms with E-state index in [4.69, 9.17) is 4.74 Å². The van der Waals surface area contributed by atoms with E-state index in [1.54, 1.807) is 15.9 Å². The van der Waals surface area contributed by atoms with E-state index in [1.165, 1.54) is 0 Å². The summed E-state index contributed by atoms with van der Waals surface area (Å²) in [5.74, 6) is 1.75. The van der Waals surface area contributed by atoms with Crippen molar-refractivity contribution in [3.63, 3.8) is 0 Å². The molecule has 9 heteroatoms. The molecular formula is C18H25N7O2. The highest BCUT2D eigenvalue weighted by Crippen LogP contribution is 2.31. The molecule has 0 spiro atoms. The van der Waals surface area contributed by atoms with Gasteiger partial charge in [0.2, 0.25) is 5.91 Å². The van der Waals surface area contributed by atoms with Crippen molar-refractivity contribution in [2.24, 2.45) is 7.05 Å². The minimum absolute atomic E-state index is 0.108. The van der Waals surface area contributed by atoms with Crippen LogP contribution in [-0.2, 0) is 22.2 Å². The van der Waals surface area contributed by atoms with Crippen LogP contribution >= 0.6 is 0 Å². The van der Waals surface area contributed by atoms with Crippen LogP contribution in [0.25, 0.3) is 0 Å². The number of nitrogens with zero attached hydrogens (tertiary/aromatic N) is 7. The second-order valence-corrected chi connectivity index (χ2v) is 7.37. The molecule has 0 saturated carbocycles. The van der Waals surface area contributed by atoms with Gasteiger partial charge in [-0.15, -0.1) is 0 Å². The normalized spacial score (nSPS) is 23.8. The van der Waals surface area contributed by atoms with Crippen LogP contribution in [0.5, 0.6) is 0 Å². The van der Waals surface area contributed by atoms with Crippen molar-refractivity contribution < 1.29 is 9.53 Å². The summed E-state index contributed by atoms with van der Waals surface area (Å²) < 4.78 is 7.88. The average molecular weight is 371 g/mol. The highest BCUT2D eigenvalue weighted by atomic mass is 16.5. The van der Waals surface area contributed by atoms with Crippen LogP contribution in [0.15, 0.2) is 24.8 Å². The fraction of sp³-hybridized carbons (Fsp3) is 0.556. The Labute approximate surface area is 158 Å². The number of carbonyl (C=O) groups is 1. The van der Waals surface area contributed by atoms with Gasteiger partial charge in [0, 0.05) is 51.6 Å². The van der Waals surface area contributed by atoms with Gasteiger partial charge in [0.25, 0.3) is 0 Å². The van der Waals surface area contributed by atoms with Gasteiger partial charge in [0.05, 0.1) is 25.9 Å². The first-order valence-electron chi connectivity index (χ1n) is 9.14. The number of anilines is 2. The standard InChI is InChI=1S/C18H25N7O2/c1-18(14-9-21-23(3)10-14)12-25(6-7-27-18)16-8-15(19-13-20-16)24-5-4-22(2)17(26)11-24/h8-10,13H,4-7,11-12H2,1-3H3. The van der Waals surface area contributed by atoms with E-state index >= 15 is 0 Å². The molecule has 2 fully saturated rings. The smallest absolute Gasteiger partial charge is 0.241 e. The largest absolute Gasteiger partial charge is 0.367 e. The molecule has 1 amide bonds. The van der Waals surface area contributed by atoms with Gasteiger partial charge < -0.3 is 19.4 Å². The van der Waals surface area contributed by atoms with Crippen LogP contribution in [0.2, 0.25) is 0 Å².